The Kier molecular flexibility index (Phi) is 5.47. The molecule has 0 N–H and O–H groups in total. The standard InChI is InChI=1S/C15H22N2O4/c18-12-6-1-3-10-16(12)14(20)8-5-9-15(21)17-11-4-2-7-13(17)19/h1-11H2. The van der Waals surface area contributed by atoms with Gasteiger partial charge < -0.3 is 0 Å². The summed E-state index contributed by atoms with van der Waals surface area (Å²) in [6.45, 7) is 0.993. The zero-order valence-corrected chi connectivity index (χ0v) is 12.3. The first-order chi connectivity index (χ1) is 10.1. The van der Waals surface area contributed by atoms with Crippen molar-refractivity contribution in [1.82, 2.24) is 9.80 Å². The van der Waals surface area contributed by atoms with E-state index in [1.807, 2.05) is 0 Å². The van der Waals surface area contributed by atoms with Crippen LogP contribution in [0.2, 0.25) is 0 Å². The average Bonchev–Trinajstić information content (AvgIpc) is 2.48. The summed E-state index contributed by atoms with van der Waals surface area (Å²) in [6, 6.07) is 0. The maximum absolute atomic E-state index is 11.9. The van der Waals surface area contributed by atoms with E-state index in [0.29, 0.717) is 32.4 Å². The van der Waals surface area contributed by atoms with Crippen LogP contribution in [0, 0.1) is 0 Å². The Morgan fingerprint density at radius 3 is 1.57 bits per heavy atom. The van der Waals surface area contributed by atoms with Gasteiger partial charge in [-0.1, -0.05) is 0 Å². The second-order valence-corrected chi connectivity index (χ2v) is 5.65. The summed E-state index contributed by atoms with van der Waals surface area (Å²) < 4.78 is 0. The molecule has 0 atom stereocenters. The van der Waals surface area contributed by atoms with Gasteiger partial charge in [0.1, 0.15) is 0 Å². The van der Waals surface area contributed by atoms with Crippen molar-refractivity contribution < 1.29 is 19.2 Å². The molecule has 0 unspecified atom stereocenters. The Labute approximate surface area is 124 Å². The van der Waals surface area contributed by atoms with Gasteiger partial charge in [-0.25, -0.2) is 0 Å². The molecule has 0 aliphatic carbocycles. The van der Waals surface area contributed by atoms with Crippen LogP contribution in [0.15, 0.2) is 0 Å². The molecule has 2 aliphatic heterocycles. The van der Waals surface area contributed by atoms with Crippen molar-refractivity contribution in [1.29, 1.82) is 0 Å². The van der Waals surface area contributed by atoms with Crippen molar-refractivity contribution >= 4 is 23.6 Å². The molecule has 21 heavy (non-hydrogen) atoms. The lowest BCUT2D eigenvalue weighted by Crippen LogP contribution is -2.41. The van der Waals surface area contributed by atoms with Crippen LogP contribution in [-0.4, -0.2) is 46.5 Å². The molecule has 0 aromatic rings. The fraction of sp³-hybridized carbons (Fsp3) is 0.733. The minimum atomic E-state index is -0.197. The first-order valence-electron chi connectivity index (χ1n) is 7.76. The van der Waals surface area contributed by atoms with Crippen LogP contribution in [0.3, 0.4) is 0 Å². The molecular formula is C15H22N2O4. The Hall–Kier alpha value is -1.72. The predicted molar refractivity (Wildman–Crippen MR) is 75.0 cm³/mol. The number of carbonyl (C=O) groups is 4. The first-order valence-corrected chi connectivity index (χ1v) is 7.76. The van der Waals surface area contributed by atoms with E-state index in [-0.39, 0.29) is 36.5 Å². The molecule has 2 rings (SSSR count). The van der Waals surface area contributed by atoms with Crippen LogP contribution in [0.25, 0.3) is 0 Å². The van der Waals surface area contributed by atoms with Crippen LogP contribution in [0.5, 0.6) is 0 Å². The quantitative estimate of drug-likeness (QED) is 0.781. The van der Waals surface area contributed by atoms with E-state index < -0.39 is 0 Å². The van der Waals surface area contributed by atoms with Gasteiger partial charge in [0.05, 0.1) is 0 Å². The van der Waals surface area contributed by atoms with Crippen LogP contribution in [0.4, 0.5) is 0 Å². The van der Waals surface area contributed by atoms with Gasteiger partial charge in [-0.3, -0.25) is 29.0 Å². The molecular weight excluding hydrogens is 272 g/mol. The average molecular weight is 294 g/mol. The fourth-order valence-corrected chi connectivity index (χ4v) is 2.80. The Bertz CT molecular complexity index is 407. The van der Waals surface area contributed by atoms with Crippen molar-refractivity contribution in [2.75, 3.05) is 13.1 Å². The van der Waals surface area contributed by atoms with E-state index >= 15 is 0 Å². The van der Waals surface area contributed by atoms with E-state index in [9.17, 15) is 19.2 Å². The van der Waals surface area contributed by atoms with Gasteiger partial charge in [0.15, 0.2) is 0 Å². The molecule has 116 valence electrons. The Morgan fingerprint density at radius 2 is 1.19 bits per heavy atom. The number of carbonyl (C=O) groups excluding carboxylic acids is 4. The van der Waals surface area contributed by atoms with Gasteiger partial charge in [-0.05, 0) is 32.1 Å². The first kappa shape index (κ1) is 15.7. The highest BCUT2D eigenvalue weighted by Gasteiger charge is 2.26. The van der Waals surface area contributed by atoms with Crippen LogP contribution < -0.4 is 0 Å². The monoisotopic (exact) mass is 294 g/mol. The third-order valence-corrected chi connectivity index (χ3v) is 4.03. The maximum Gasteiger partial charge on any atom is 0.229 e. The number of hydrogen-bond acceptors (Lipinski definition) is 4. The lowest BCUT2D eigenvalue weighted by atomic mass is 10.1. The predicted octanol–water partition coefficient (Wildman–Crippen LogP) is 1.23. The number of likely N-dealkylation sites (tertiary alicyclic amines) is 2. The summed E-state index contributed by atoms with van der Waals surface area (Å²) >= 11 is 0. The highest BCUT2D eigenvalue weighted by molar-refractivity contribution is 5.97. The van der Waals surface area contributed by atoms with Crippen molar-refractivity contribution in [2.24, 2.45) is 0 Å². The van der Waals surface area contributed by atoms with Gasteiger partial charge in [0.2, 0.25) is 23.6 Å². The highest BCUT2D eigenvalue weighted by Crippen LogP contribution is 2.15. The van der Waals surface area contributed by atoms with Crippen molar-refractivity contribution in [3.05, 3.63) is 0 Å². The second kappa shape index (κ2) is 7.33. The summed E-state index contributed by atoms with van der Waals surface area (Å²) in [5.74, 6) is -0.609. The third kappa shape index (κ3) is 4.12. The van der Waals surface area contributed by atoms with Crippen molar-refractivity contribution in [3.63, 3.8) is 0 Å². The van der Waals surface area contributed by atoms with Gasteiger partial charge in [0, 0.05) is 38.8 Å². The van der Waals surface area contributed by atoms with Crippen molar-refractivity contribution in [2.45, 2.75) is 57.8 Å². The molecule has 2 saturated heterocycles. The van der Waals surface area contributed by atoms with Gasteiger partial charge >= 0.3 is 0 Å². The Balaban J connectivity index is 1.73. The van der Waals surface area contributed by atoms with E-state index in [1.165, 1.54) is 9.80 Å². The largest absolute Gasteiger partial charge is 0.283 e. The molecule has 6 heteroatoms. The maximum atomic E-state index is 11.9. The number of rotatable bonds is 4. The Morgan fingerprint density at radius 1 is 0.762 bits per heavy atom. The molecule has 4 amide bonds. The molecule has 0 saturated carbocycles. The zero-order chi connectivity index (χ0) is 15.2. The van der Waals surface area contributed by atoms with Gasteiger partial charge in [0.25, 0.3) is 0 Å². The van der Waals surface area contributed by atoms with Crippen LogP contribution in [-0.2, 0) is 19.2 Å². The van der Waals surface area contributed by atoms with Gasteiger partial charge in [-0.15, -0.1) is 0 Å². The molecule has 2 aliphatic rings. The van der Waals surface area contributed by atoms with Crippen LogP contribution >= 0.6 is 0 Å². The highest BCUT2D eigenvalue weighted by atomic mass is 16.2. The molecule has 0 bridgehead atoms. The second-order valence-electron chi connectivity index (χ2n) is 5.65. The fourth-order valence-electron chi connectivity index (χ4n) is 2.80. The molecule has 6 nitrogen and oxygen atoms in total. The summed E-state index contributed by atoms with van der Waals surface area (Å²) in [4.78, 5) is 49.7. The summed E-state index contributed by atoms with van der Waals surface area (Å²) in [7, 11) is 0. The minimum absolute atomic E-state index is 0.108. The SMILES string of the molecule is O=C1CCCCN1C(=O)CCCC(=O)N1CCCCC1=O. The number of nitrogens with zero attached hydrogens (tertiary/aromatic N) is 2. The van der Waals surface area contributed by atoms with Gasteiger partial charge in [-0.2, -0.15) is 0 Å². The summed E-state index contributed by atoms with van der Waals surface area (Å²) in [5.41, 5.74) is 0. The van der Waals surface area contributed by atoms with Crippen LogP contribution in [0.1, 0.15) is 57.8 Å². The van der Waals surface area contributed by atoms with E-state index in [2.05, 4.69) is 0 Å². The summed E-state index contributed by atoms with van der Waals surface area (Å²) in [5, 5.41) is 0. The molecule has 2 fully saturated rings. The third-order valence-electron chi connectivity index (χ3n) is 4.03. The molecule has 0 aromatic heterocycles. The number of hydrogen-bond donors (Lipinski definition) is 0. The molecule has 0 aromatic carbocycles. The van der Waals surface area contributed by atoms with Crippen molar-refractivity contribution in [3.8, 4) is 0 Å². The molecule has 0 radical (unpaired) electrons. The van der Waals surface area contributed by atoms with E-state index in [4.69, 9.17) is 0 Å². The molecule has 2 heterocycles. The normalized spacial score (nSPS) is 19.8. The lowest BCUT2D eigenvalue weighted by Gasteiger charge is -2.26. The topological polar surface area (TPSA) is 74.8 Å². The van der Waals surface area contributed by atoms with E-state index in [1.54, 1.807) is 0 Å². The summed E-state index contributed by atoms with van der Waals surface area (Å²) in [6.07, 6.45) is 5.07. The molecule has 0 spiro atoms. The number of amides is 4. The minimum Gasteiger partial charge on any atom is -0.283 e. The number of piperidine rings is 2. The lowest BCUT2D eigenvalue weighted by molar-refractivity contribution is -0.146. The van der Waals surface area contributed by atoms with E-state index in [0.717, 1.165) is 25.7 Å². The zero-order valence-electron chi connectivity index (χ0n) is 12.3. The smallest absolute Gasteiger partial charge is 0.229 e. The number of imide groups is 2.